The minimum Gasteiger partial charge on any atom is -0.391 e. The number of benzene rings is 1. The monoisotopic (exact) mass is 282 g/mol. The Morgan fingerprint density at radius 2 is 2.26 bits per heavy atom. The predicted molar refractivity (Wildman–Crippen MR) is 69.7 cm³/mol. The number of nitrogens with one attached hydrogen (secondary N) is 1. The van der Waals surface area contributed by atoms with Gasteiger partial charge in [-0.3, -0.25) is 4.79 Å². The third kappa shape index (κ3) is 2.71. The van der Waals surface area contributed by atoms with Crippen LogP contribution in [0.15, 0.2) is 23.4 Å². The lowest BCUT2D eigenvalue weighted by molar-refractivity contribution is -0.110. The molecule has 2 aliphatic rings. The fourth-order valence-corrected chi connectivity index (χ4v) is 2.21. The van der Waals surface area contributed by atoms with Gasteiger partial charge in [0.2, 0.25) is 0 Å². The van der Waals surface area contributed by atoms with E-state index in [2.05, 4.69) is 10.5 Å². The zero-order valence-corrected chi connectivity index (χ0v) is 10.8. The van der Waals surface area contributed by atoms with E-state index in [1.54, 1.807) is 0 Å². The van der Waals surface area contributed by atoms with Crippen molar-refractivity contribution < 1.29 is 14.0 Å². The summed E-state index contributed by atoms with van der Waals surface area (Å²) in [6.07, 6.45) is 2.86. The average Bonchev–Trinajstić information content (AvgIpc) is 3.11. The van der Waals surface area contributed by atoms with Gasteiger partial charge in [-0.2, -0.15) is 0 Å². The van der Waals surface area contributed by atoms with Crippen LogP contribution in [0.3, 0.4) is 0 Å². The highest BCUT2D eigenvalue weighted by molar-refractivity contribution is 6.43. The van der Waals surface area contributed by atoms with E-state index in [0.29, 0.717) is 23.7 Å². The largest absolute Gasteiger partial charge is 0.391 e. The molecular weight excluding hydrogens is 271 g/mol. The van der Waals surface area contributed by atoms with Crippen molar-refractivity contribution in [2.24, 2.45) is 11.1 Å². The number of carbonyl (C=O) groups excluding carboxylic acids is 1. The average molecular weight is 283 g/mol. The maximum Gasteiger partial charge on any atom is 0.273 e. The van der Waals surface area contributed by atoms with Crippen molar-refractivity contribution in [3.8, 4) is 0 Å². The molecule has 1 aliphatic heterocycles. The predicted octanol–water partition coefficient (Wildman–Crippen LogP) is 2.97. The lowest BCUT2D eigenvalue weighted by atomic mass is 10.1. The van der Waals surface area contributed by atoms with Crippen molar-refractivity contribution in [1.29, 1.82) is 0 Å². The van der Waals surface area contributed by atoms with Gasteiger partial charge >= 0.3 is 0 Å². The van der Waals surface area contributed by atoms with Crippen LogP contribution in [-0.2, 0) is 9.63 Å². The van der Waals surface area contributed by atoms with Crippen LogP contribution in [0.25, 0.3) is 0 Å². The first-order valence-electron chi connectivity index (χ1n) is 6.12. The van der Waals surface area contributed by atoms with E-state index in [0.717, 1.165) is 12.8 Å². The van der Waals surface area contributed by atoms with Gasteiger partial charge in [-0.15, -0.1) is 0 Å². The molecule has 0 spiro atoms. The molecule has 0 radical (unpaired) electrons. The van der Waals surface area contributed by atoms with Gasteiger partial charge in [0, 0.05) is 12.1 Å². The third-order valence-electron chi connectivity index (χ3n) is 3.28. The highest BCUT2D eigenvalue weighted by Crippen LogP contribution is 2.38. The number of amides is 1. The van der Waals surface area contributed by atoms with Crippen molar-refractivity contribution in [3.05, 3.63) is 29.0 Å². The summed E-state index contributed by atoms with van der Waals surface area (Å²) < 4.78 is 13.0. The van der Waals surface area contributed by atoms with E-state index < -0.39 is 5.82 Å². The molecule has 100 valence electrons. The van der Waals surface area contributed by atoms with Gasteiger partial charge in [0.15, 0.2) is 0 Å². The molecule has 1 aromatic rings. The first-order valence-corrected chi connectivity index (χ1v) is 6.50. The van der Waals surface area contributed by atoms with Gasteiger partial charge < -0.3 is 10.2 Å². The summed E-state index contributed by atoms with van der Waals surface area (Å²) in [6, 6.07) is 4.02. The second kappa shape index (κ2) is 4.81. The second-order valence-corrected chi connectivity index (χ2v) is 5.21. The molecule has 0 aromatic heterocycles. The normalized spacial score (nSPS) is 21.8. The number of anilines is 1. The van der Waals surface area contributed by atoms with Crippen LogP contribution in [0, 0.1) is 11.7 Å². The van der Waals surface area contributed by atoms with Crippen LogP contribution in [0.5, 0.6) is 0 Å². The molecule has 0 saturated heterocycles. The van der Waals surface area contributed by atoms with Gasteiger partial charge in [0.05, 0.1) is 5.02 Å². The Morgan fingerprint density at radius 1 is 1.47 bits per heavy atom. The zero-order chi connectivity index (χ0) is 13.4. The molecule has 1 saturated carbocycles. The fraction of sp³-hybridized carbons (Fsp3) is 0.385. The third-order valence-corrected chi connectivity index (χ3v) is 3.57. The Hall–Kier alpha value is -1.62. The van der Waals surface area contributed by atoms with Crippen LogP contribution >= 0.6 is 11.6 Å². The maximum absolute atomic E-state index is 13.0. The highest BCUT2D eigenvalue weighted by Gasteiger charge is 2.38. The minimum atomic E-state index is -0.519. The summed E-state index contributed by atoms with van der Waals surface area (Å²) in [4.78, 5) is 17.2. The van der Waals surface area contributed by atoms with Crippen molar-refractivity contribution in [2.75, 3.05) is 5.32 Å². The van der Waals surface area contributed by atoms with Crippen LogP contribution in [0.2, 0.25) is 5.02 Å². The Balaban J connectivity index is 1.63. The molecule has 19 heavy (non-hydrogen) atoms. The number of hydrogen-bond acceptors (Lipinski definition) is 3. The first-order chi connectivity index (χ1) is 9.13. The number of rotatable bonds is 3. The molecule has 1 N–H and O–H groups in total. The Bertz CT molecular complexity index is 558. The summed E-state index contributed by atoms with van der Waals surface area (Å²) in [6.45, 7) is 0. The van der Waals surface area contributed by atoms with Crippen LogP contribution in [-0.4, -0.2) is 17.7 Å². The smallest absolute Gasteiger partial charge is 0.273 e. The van der Waals surface area contributed by atoms with Crippen molar-refractivity contribution in [2.45, 2.75) is 25.4 Å². The van der Waals surface area contributed by atoms with Gasteiger partial charge in [-0.25, -0.2) is 4.39 Å². The van der Waals surface area contributed by atoms with E-state index >= 15 is 0 Å². The van der Waals surface area contributed by atoms with Crippen molar-refractivity contribution in [1.82, 2.24) is 0 Å². The molecule has 4 nitrogen and oxygen atoms in total. The Labute approximate surface area is 114 Å². The van der Waals surface area contributed by atoms with E-state index in [1.165, 1.54) is 18.2 Å². The van der Waals surface area contributed by atoms with E-state index in [-0.39, 0.29) is 17.0 Å². The summed E-state index contributed by atoms with van der Waals surface area (Å²) in [7, 11) is 0. The van der Waals surface area contributed by atoms with Gasteiger partial charge in [0.25, 0.3) is 5.91 Å². The molecule has 1 aromatic carbocycles. The second-order valence-electron chi connectivity index (χ2n) is 4.81. The molecule has 3 rings (SSSR count). The van der Waals surface area contributed by atoms with Gasteiger partial charge in [-0.1, -0.05) is 16.8 Å². The summed E-state index contributed by atoms with van der Waals surface area (Å²) in [5.41, 5.74) is 0.811. The molecule has 1 atom stereocenters. The Kier molecular flexibility index (Phi) is 3.14. The first kappa shape index (κ1) is 12.4. The molecular formula is C13H12ClFN2O2. The van der Waals surface area contributed by atoms with Gasteiger partial charge in [-0.05, 0) is 37.0 Å². The number of nitrogens with zero attached hydrogens (tertiary/aromatic N) is 1. The number of hydrogen-bond donors (Lipinski definition) is 1. The lowest BCUT2D eigenvalue weighted by Crippen LogP contribution is -2.23. The maximum atomic E-state index is 13.0. The van der Waals surface area contributed by atoms with E-state index in [4.69, 9.17) is 16.4 Å². The number of carbonyl (C=O) groups is 1. The molecule has 1 heterocycles. The molecule has 6 heteroatoms. The molecule has 0 bridgehead atoms. The highest BCUT2D eigenvalue weighted by atomic mass is 35.5. The number of oxime groups is 1. The molecule has 1 amide bonds. The zero-order valence-electron chi connectivity index (χ0n) is 10.0. The van der Waals surface area contributed by atoms with Gasteiger partial charge in [0.1, 0.15) is 17.6 Å². The van der Waals surface area contributed by atoms with Crippen molar-refractivity contribution >= 4 is 28.9 Å². The van der Waals surface area contributed by atoms with E-state index in [9.17, 15) is 9.18 Å². The molecule has 1 unspecified atom stereocenters. The Morgan fingerprint density at radius 3 is 2.95 bits per heavy atom. The number of halogens is 2. The molecule has 1 aliphatic carbocycles. The van der Waals surface area contributed by atoms with Crippen LogP contribution in [0.1, 0.15) is 19.3 Å². The van der Waals surface area contributed by atoms with E-state index in [1.807, 2.05) is 0 Å². The topological polar surface area (TPSA) is 50.7 Å². The van der Waals surface area contributed by atoms with Crippen molar-refractivity contribution in [3.63, 3.8) is 0 Å². The summed E-state index contributed by atoms with van der Waals surface area (Å²) in [5, 5.41) is 6.41. The quantitative estimate of drug-likeness (QED) is 0.926. The SMILES string of the molecule is O=C(Nc1ccc(F)c(Cl)c1)C1=NOC(C2CC2)C1. The lowest BCUT2D eigenvalue weighted by Gasteiger charge is -2.06. The minimum absolute atomic E-state index is 0.0294. The molecule has 1 fully saturated rings. The summed E-state index contributed by atoms with van der Waals surface area (Å²) in [5.74, 6) is -0.310. The van der Waals surface area contributed by atoms with Crippen LogP contribution in [0.4, 0.5) is 10.1 Å². The van der Waals surface area contributed by atoms with Crippen LogP contribution < -0.4 is 5.32 Å². The fourth-order valence-electron chi connectivity index (χ4n) is 2.03. The standard InChI is InChI=1S/C13H12ClFN2O2/c14-9-5-8(3-4-10(9)15)16-13(18)11-6-12(19-17-11)7-1-2-7/h3-5,7,12H,1-2,6H2,(H,16,18). The summed E-state index contributed by atoms with van der Waals surface area (Å²) >= 11 is 5.65.